The number of ether oxygens (including phenoxy) is 2. The van der Waals surface area contributed by atoms with Gasteiger partial charge in [0, 0.05) is 51.5 Å². The third-order valence-corrected chi connectivity index (χ3v) is 4.46. The second-order valence-electron chi connectivity index (χ2n) is 6.27. The van der Waals surface area contributed by atoms with Crippen LogP contribution in [-0.4, -0.2) is 57.4 Å². The van der Waals surface area contributed by atoms with Gasteiger partial charge in [-0.25, -0.2) is 0 Å². The second kappa shape index (κ2) is 8.80. The molecule has 0 spiro atoms. The molecular weight excluding hydrogens is 308 g/mol. The first kappa shape index (κ1) is 18.4. The number of nitrogens with one attached hydrogen (secondary N) is 1. The Bertz CT molecular complexity index is 561. The van der Waals surface area contributed by atoms with E-state index in [0.717, 1.165) is 42.9 Å². The van der Waals surface area contributed by atoms with Gasteiger partial charge in [0.1, 0.15) is 5.84 Å². The Hall–Kier alpha value is -1.92. The van der Waals surface area contributed by atoms with Gasteiger partial charge in [-0.3, -0.25) is 9.79 Å². The molecule has 1 heterocycles. The molecule has 1 aromatic carbocycles. The van der Waals surface area contributed by atoms with Crippen molar-refractivity contribution in [2.75, 3.05) is 40.5 Å². The molecule has 0 bridgehead atoms. The molecule has 1 aliphatic heterocycles. The molecule has 0 saturated carbocycles. The molecule has 24 heavy (non-hydrogen) atoms. The number of amidine groups is 1. The molecule has 0 saturated heterocycles. The topological polar surface area (TPSA) is 80.2 Å². The van der Waals surface area contributed by atoms with E-state index in [4.69, 9.17) is 19.6 Å². The van der Waals surface area contributed by atoms with Crippen molar-refractivity contribution in [3.8, 4) is 0 Å². The molecule has 0 amide bonds. The average molecular weight is 334 g/mol. The Kier molecular flexibility index (Phi) is 6.75. The van der Waals surface area contributed by atoms with E-state index in [-0.39, 0.29) is 11.8 Å². The van der Waals surface area contributed by atoms with Crippen LogP contribution in [0, 0.1) is 5.41 Å². The third kappa shape index (κ3) is 5.04. The Morgan fingerprint density at radius 1 is 1.21 bits per heavy atom. The van der Waals surface area contributed by atoms with Crippen LogP contribution in [0.3, 0.4) is 0 Å². The summed E-state index contributed by atoms with van der Waals surface area (Å²) in [7, 11) is 3.43. The number of carbonyl (C=O) groups is 1. The fourth-order valence-corrected chi connectivity index (χ4v) is 2.88. The lowest BCUT2D eigenvalue weighted by atomic mass is 9.80. The smallest absolute Gasteiger partial charge is 0.307 e. The molecule has 0 radical (unpaired) electrons. The van der Waals surface area contributed by atoms with Gasteiger partial charge in [0.25, 0.3) is 0 Å². The van der Waals surface area contributed by atoms with Crippen molar-refractivity contribution in [1.82, 2.24) is 5.32 Å². The Labute approximate surface area is 142 Å². The first-order valence-corrected chi connectivity index (χ1v) is 8.16. The zero-order valence-electron chi connectivity index (χ0n) is 14.4. The zero-order chi connectivity index (χ0) is 17.4. The quantitative estimate of drug-likeness (QED) is 0.719. The molecule has 132 valence electrons. The van der Waals surface area contributed by atoms with Gasteiger partial charge in [-0.05, 0) is 18.4 Å². The molecule has 0 aliphatic carbocycles. The summed E-state index contributed by atoms with van der Waals surface area (Å²) >= 11 is 0. The van der Waals surface area contributed by atoms with Crippen molar-refractivity contribution < 1.29 is 19.4 Å². The lowest BCUT2D eigenvalue weighted by Crippen LogP contribution is -2.46. The molecule has 0 fully saturated rings. The highest BCUT2D eigenvalue weighted by atomic mass is 16.5. The maximum Gasteiger partial charge on any atom is 0.307 e. The largest absolute Gasteiger partial charge is 0.481 e. The molecule has 6 heteroatoms. The predicted molar refractivity (Wildman–Crippen MR) is 92.6 cm³/mol. The van der Waals surface area contributed by atoms with Gasteiger partial charge < -0.3 is 19.9 Å². The van der Waals surface area contributed by atoms with Crippen molar-refractivity contribution in [3.63, 3.8) is 0 Å². The third-order valence-electron chi connectivity index (χ3n) is 4.46. The molecule has 0 unspecified atom stereocenters. The van der Waals surface area contributed by atoms with Crippen molar-refractivity contribution >= 4 is 11.8 Å². The number of hydrogen-bond acceptors (Lipinski definition) is 5. The van der Waals surface area contributed by atoms with E-state index in [1.165, 1.54) is 0 Å². The van der Waals surface area contributed by atoms with Crippen LogP contribution in [0.2, 0.25) is 0 Å². The van der Waals surface area contributed by atoms with Crippen LogP contribution < -0.4 is 5.32 Å². The molecule has 1 aromatic rings. The van der Waals surface area contributed by atoms with E-state index in [1.807, 2.05) is 24.3 Å². The van der Waals surface area contributed by atoms with Gasteiger partial charge in [0.2, 0.25) is 0 Å². The van der Waals surface area contributed by atoms with Gasteiger partial charge in [0.15, 0.2) is 0 Å². The summed E-state index contributed by atoms with van der Waals surface area (Å²) in [6.07, 6.45) is 1.92. The molecule has 2 rings (SSSR count). The van der Waals surface area contributed by atoms with Crippen LogP contribution in [0.4, 0.5) is 0 Å². The van der Waals surface area contributed by atoms with Gasteiger partial charge in [0.05, 0.1) is 6.42 Å². The SMILES string of the molecule is COCCC1(CCOC)CN=C(c2ccc(CC(=O)O)cc2)NC1. The number of aliphatic imine (C=N–C) groups is 1. The number of aliphatic carboxylic acids is 1. The maximum atomic E-state index is 10.7. The highest BCUT2D eigenvalue weighted by Crippen LogP contribution is 2.29. The predicted octanol–water partition coefficient (Wildman–Crippen LogP) is 1.72. The lowest BCUT2D eigenvalue weighted by molar-refractivity contribution is -0.136. The summed E-state index contributed by atoms with van der Waals surface area (Å²) in [5, 5.41) is 12.3. The lowest BCUT2D eigenvalue weighted by Gasteiger charge is -2.36. The Morgan fingerprint density at radius 2 is 1.83 bits per heavy atom. The van der Waals surface area contributed by atoms with Gasteiger partial charge in [-0.1, -0.05) is 24.3 Å². The standard InChI is InChI=1S/C18H26N2O4/c1-23-9-7-18(8-10-24-2)12-19-17(20-13-18)15-5-3-14(4-6-15)11-16(21)22/h3-6H,7-13H2,1-2H3,(H,19,20)(H,21,22). The summed E-state index contributed by atoms with van der Waals surface area (Å²) in [5.74, 6) is 0.0410. The van der Waals surface area contributed by atoms with Gasteiger partial charge in [-0.2, -0.15) is 0 Å². The number of carboxylic acids is 1. The number of methoxy groups -OCH3 is 2. The fraction of sp³-hybridized carbons (Fsp3) is 0.556. The van der Waals surface area contributed by atoms with Crippen molar-refractivity contribution in [1.29, 1.82) is 0 Å². The number of carboxylic acid groups (broad SMARTS) is 1. The minimum Gasteiger partial charge on any atom is -0.481 e. The van der Waals surface area contributed by atoms with Crippen LogP contribution >= 0.6 is 0 Å². The molecule has 0 atom stereocenters. The van der Waals surface area contributed by atoms with E-state index in [1.54, 1.807) is 14.2 Å². The highest BCUT2D eigenvalue weighted by Gasteiger charge is 2.32. The van der Waals surface area contributed by atoms with Crippen LogP contribution in [0.5, 0.6) is 0 Å². The number of rotatable bonds is 9. The van der Waals surface area contributed by atoms with Crippen LogP contribution in [0.15, 0.2) is 29.3 Å². The second-order valence-corrected chi connectivity index (χ2v) is 6.27. The Balaban J connectivity index is 2.05. The van der Waals surface area contributed by atoms with E-state index < -0.39 is 5.97 Å². The molecule has 1 aliphatic rings. The summed E-state index contributed by atoms with van der Waals surface area (Å²) < 4.78 is 10.5. The fourth-order valence-electron chi connectivity index (χ4n) is 2.88. The van der Waals surface area contributed by atoms with E-state index in [9.17, 15) is 4.79 Å². The number of nitrogens with zero attached hydrogens (tertiary/aromatic N) is 1. The number of benzene rings is 1. The maximum absolute atomic E-state index is 10.7. The normalized spacial score (nSPS) is 16.3. The minimum atomic E-state index is -0.822. The molecular formula is C18H26N2O4. The van der Waals surface area contributed by atoms with Crippen molar-refractivity contribution in [3.05, 3.63) is 35.4 Å². The van der Waals surface area contributed by atoms with E-state index in [2.05, 4.69) is 5.32 Å². The zero-order valence-corrected chi connectivity index (χ0v) is 14.4. The van der Waals surface area contributed by atoms with E-state index in [0.29, 0.717) is 13.2 Å². The molecule has 6 nitrogen and oxygen atoms in total. The van der Waals surface area contributed by atoms with Gasteiger partial charge >= 0.3 is 5.97 Å². The Morgan fingerprint density at radius 3 is 2.29 bits per heavy atom. The van der Waals surface area contributed by atoms with Crippen LogP contribution in [0.1, 0.15) is 24.0 Å². The number of hydrogen-bond donors (Lipinski definition) is 2. The van der Waals surface area contributed by atoms with E-state index >= 15 is 0 Å². The first-order valence-electron chi connectivity index (χ1n) is 8.16. The van der Waals surface area contributed by atoms with Gasteiger partial charge in [-0.15, -0.1) is 0 Å². The summed E-state index contributed by atoms with van der Waals surface area (Å²) in [6.45, 7) is 2.98. The van der Waals surface area contributed by atoms with Crippen molar-refractivity contribution in [2.24, 2.45) is 10.4 Å². The summed E-state index contributed by atoms with van der Waals surface area (Å²) in [5.41, 5.74) is 1.83. The van der Waals surface area contributed by atoms with Crippen LogP contribution in [-0.2, 0) is 20.7 Å². The molecule has 0 aromatic heterocycles. The summed E-state index contributed by atoms with van der Waals surface area (Å²) in [4.78, 5) is 15.5. The average Bonchev–Trinajstić information content (AvgIpc) is 2.59. The monoisotopic (exact) mass is 334 g/mol. The van der Waals surface area contributed by atoms with Crippen LogP contribution in [0.25, 0.3) is 0 Å². The van der Waals surface area contributed by atoms with Crippen molar-refractivity contribution in [2.45, 2.75) is 19.3 Å². The highest BCUT2D eigenvalue weighted by molar-refractivity contribution is 5.99. The first-order chi connectivity index (χ1) is 11.6. The minimum absolute atomic E-state index is 0.0390. The summed E-state index contributed by atoms with van der Waals surface area (Å²) in [6, 6.07) is 7.51. The molecule has 2 N–H and O–H groups in total.